The molecule has 2 rings (SSSR count). The molecule has 0 fully saturated rings. The first-order valence-corrected chi connectivity index (χ1v) is 5.62. The fourth-order valence-corrected chi connectivity index (χ4v) is 1.58. The molecule has 1 heterocycles. The monoisotopic (exact) mass is 228 g/mol. The zero-order chi connectivity index (χ0) is 12.1. The van der Waals surface area contributed by atoms with E-state index in [0.29, 0.717) is 13.2 Å². The van der Waals surface area contributed by atoms with Gasteiger partial charge >= 0.3 is 0 Å². The molecule has 0 aliphatic heterocycles. The summed E-state index contributed by atoms with van der Waals surface area (Å²) < 4.78 is 5.69. The second-order valence-electron chi connectivity index (χ2n) is 3.92. The maximum absolute atomic E-state index is 5.69. The summed E-state index contributed by atoms with van der Waals surface area (Å²) in [7, 11) is 0. The van der Waals surface area contributed by atoms with Gasteiger partial charge in [0.2, 0.25) is 0 Å². The average Bonchev–Trinajstić information content (AvgIpc) is 2.38. The van der Waals surface area contributed by atoms with Crippen LogP contribution in [0.4, 0.5) is 0 Å². The van der Waals surface area contributed by atoms with Gasteiger partial charge in [-0.05, 0) is 25.1 Å². The smallest absolute Gasteiger partial charge is 0.119 e. The Labute approximate surface area is 101 Å². The van der Waals surface area contributed by atoms with Crippen molar-refractivity contribution in [3.63, 3.8) is 0 Å². The lowest BCUT2D eigenvalue weighted by Crippen LogP contribution is -2.06. The van der Waals surface area contributed by atoms with Gasteiger partial charge in [0.1, 0.15) is 12.4 Å². The molecule has 0 unspecified atom stereocenters. The highest BCUT2D eigenvalue weighted by Gasteiger charge is 2.02. The van der Waals surface area contributed by atoms with Gasteiger partial charge in [-0.1, -0.05) is 23.8 Å². The molecule has 2 N–H and O–H groups in total. The molecule has 0 atom stereocenters. The van der Waals surface area contributed by atoms with E-state index in [1.54, 1.807) is 6.20 Å². The quantitative estimate of drug-likeness (QED) is 0.874. The molecule has 0 spiro atoms. The Morgan fingerprint density at radius 2 is 1.94 bits per heavy atom. The molecule has 2 aromatic rings. The van der Waals surface area contributed by atoms with Crippen molar-refractivity contribution in [2.75, 3.05) is 0 Å². The van der Waals surface area contributed by atoms with Crippen molar-refractivity contribution >= 4 is 0 Å². The molecule has 1 aromatic carbocycles. The molecule has 3 heteroatoms. The Morgan fingerprint density at radius 3 is 2.65 bits per heavy atom. The Bertz CT molecular complexity index is 480. The van der Waals surface area contributed by atoms with Gasteiger partial charge in [0.05, 0.1) is 5.69 Å². The predicted octanol–water partition coefficient (Wildman–Crippen LogP) is 2.43. The van der Waals surface area contributed by atoms with Crippen LogP contribution >= 0.6 is 0 Å². The first-order chi connectivity index (χ1) is 8.29. The molecule has 0 bridgehead atoms. The van der Waals surface area contributed by atoms with Gasteiger partial charge < -0.3 is 10.5 Å². The zero-order valence-corrected chi connectivity index (χ0v) is 9.89. The molecular weight excluding hydrogens is 212 g/mol. The number of pyridine rings is 1. The van der Waals surface area contributed by atoms with Crippen LogP contribution in [0, 0.1) is 6.92 Å². The third-order valence-electron chi connectivity index (χ3n) is 2.59. The highest BCUT2D eigenvalue weighted by atomic mass is 16.5. The predicted molar refractivity (Wildman–Crippen MR) is 67.6 cm³/mol. The highest BCUT2D eigenvalue weighted by Crippen LogP contribution is 2.14. The molecular formula is C14H16N2O. The fourth-order valence-electron chi connectivity index (χ4n) is 1.58. The van der Waals surface area contributed by atoms with Gasteiger partial charge in [0.15, 0.2) is 0 Å². The van der Waals surface area contributed by atoms with Crippen LogP contribution in [0.3, 0.4) is 0 Å². The van der Waals surface area contributed by atoms with Crippen LogP contribution in [0.25, 0.3) is 0 Å². The SMILES string of the molecule is Cc1ccc(OCc2cccnc2CN)cc1. The van der Waals surface area contributed by atoms with Crippen molar-refractivity contribution in [1.82, 2.24) is 4.98 Å². The van der Waals surface area contributed by atoms with Crippen LogP contribution in [0.15, 0.2) is 42.6 Å². The minimum atomic E-state index is 0.438. The van der Waals surface area contributed by atoms with Gasteiger partial charge in [-0.25, -0.2) is 0 Å². The average molecular weight is 228 g/mol. The van der Waals surface area contributed by atoms with E-state index in [1.807, 2.05) is 36.4 Å². The molecule has 3 nitrogen and oxygen atoms in total. The molecule has 17 heavy (non-hydrogen) atoms. The molecule has 1 aromatic heterocycles. The first-order valence-electron chi connectivity index (χ1n) is 5.62. The van der Waals surface area contributed by atoms with E-state index in [2.05, 4.69) is 11.9 Å². The van der Waals surface area contributed by atoms with E-state index in [0.717, 1.165) is 17.0 Å². The maximum Gasteiger partial charge on any atom is 0.119 e. The van der Waals surface area contributed by atoms with Crippen LogP contribution in [0.2, 0.25) is 0 Å². The normalized spacial score (nSPS) is 10.2. The van der Waals surface area contributed by atoms with Gasteiger partial charge in [-0.2, -0.15) is 0 Å². The number of nitrogens with zero attached hydrogens (tertiary/aromatic N) is 1. The number of aryl methyl sites for hydroxylation is 1. The van der Waals surface area contributed by atoms with Gasteiger partial charge in [-0.3, -0.25) is 4.98 Å². The lowest BCUT2D eigenvalue weighted by atomic mass is 10.2. The molecule has 88 valence electrons. The third-order valence-corrected chi connectivity index (χ3v) is 2.59. The van der Waals surface area contributed by atoms with Crippen molar-refractivity contribution in [1.29, 1.82) is 0 Å². The molecule has 0 radical (unpaired) electrons. The second-order valence-corrected chi connectivity index (χ2v) is 3.92. The largest absolute Gasteiger partial charge is 0.489 e. The van der Waals surface area contributed by atoms with E-state index in [4.69, 9.17) is 10.5 Å². The first kappa shape index (κ1) is 11.6. The van der Waals surface area contributed by atoms with Crippen LogP contribution in [0.1, 0.15) is 16.8 Å². The maximum atomic E-state index is 5.69. The van der Waals surface area contributed by atoms with E-state index in [-0.39, 0.29) is 0 Å². The van der Waals surface area contributed by atoms with Crippen molar-refractivity contribution in [3.8, 4) is 5.75 Å². The molecule has 0 aliphatic rings. The topological polar surface area (TPSA) is 48.1 Å². The minimum absolute atomic E-state index is 0.438. The van der Waals surface area contributed by atoms with Crippen LogP contribution in [-0.4, -0.2) is 4.98 Å². The Kier molecular flexibility index (Phi) is 3.73. The van der Waals surface area contributed by atoms with Crippen LogP contribution in [0.5, 0.6) is 5.75 Å². The summed E-state index contributed by atoms with van der Waals surface area (Å²) in [5, 5.41) is 0. The lowest BCUT2D eigenvalue weighted by molar-refractivity contribution is 0.304. The fraction of sp³-hybridized carbons (Fsp3) is 0.214. The standard InChI is InChI=1S/C14H16N2O/c1-11-4-6-13(7-5-11)17-10-12-3-2-8-16-14(12)9-15/h2-8H,9-10,15H2,1H3. The second kappa shape index (κ2) is 5.46. The highest BCUT2D eigenvalue weighted by molar-refractivity contribution is 5.27. The van der Waals surface area contributed by atoms with Gasteiger partial charge in [0.25, 0.3) is 0 Å². The molecule has 0 saturated heterocycles. The number of hydrogen-bond donors (Lipinski definition) is 1. The Morgan fingerprint density at radius 1 is 1.18 bits per heavy atom. The summed E-state index contributed by atoms with van der Waals surface area (Å²) in [5.74, 6) is 0.863. The number of benzene rings is 1. The van der Waals surface area contributed by atoms with E-state index in [9.17, 15) is 0 Å². The van der Waals surface area contributed by atoms with Crippen molar-refractivity contribution in [2.45, 2.75) is 20.1 Å². The zero-order valence-electron chi connectivity index (χ0n) is 9.89. The summed E-state index contributed by atoms with van der Waals surface area (Å²) in [6, 6.07) is 11.9. The number of nitrogens with two attached hydrogens (primary N) is 1. The van der Waals surface area contributed by atoms with Crippen molar-refractivity contribution in [2.24, 2.45) is 5.73 Å². The molecule has 0 aliphatic carbocycles. The third kappa shape index (κ3) is 3.04. The van der Waals surface area contributed by atoms with Gasteiger partial charge in [0, 0.05) is 18.3 Å². The van der Waals surface area contributed by atoms with Gasteiger partial charge in [-0.15, -0.1) is 0 Å². The molecule has 0 amide bonds. The Balaban J connectivity index is 2.04. The van der Waals surface area contributed by atoms with Crippen LogP contribution in [-0.2, 0) is 13.2 Å². The minimum Gasteiger partial charge on any atom is -0.489 e. The van der Waals surface area contributed by atoms with E-state index in [1.165, 1.54) is 5.56 Å². The van der Waals surface area contributed by atoms with Crippen molar-refractivity contribution < 1.29 is 4.74 Å². The van der Waals surface area contributed by atoms with Crippen molar-refractivity contribution in [3.05, 3.63) is 59.4 Å². The summed E-state index contributed by atoms with van der Waals surface area (Å²) in [5.41, 5.74) is 8.77. The molecule has 0 saturated carbocycles. The number of aromatic nitrogens is 1. The van der Waals surface area contributed by atoms with E-state index >= 15 is 0 Å². The van der Waals surface area contributed by atoms with Crippen LogP contribution < -0.4 is 10.5 Å². The summed E-state index contributed by atoms with van der Waals surface area (Å²) >= 11 is 0. The Hall–Kier alpha value is -1.87. The number of hydrogen-bond acceptors (Lipinski definition) is 3. The number of ether oxygens (including phenoxy) is 1. The summed E-state index contributed by atoms with van der Waals surface area (Å²) in [6.45, 7) is 2.99. The summed E-state index contributed by atoms with van der Waals surface area (Å²) in [6.07, 6.45) is 1.75. The lowest BCUT2D eigenvalue weighted by Gasteiger charge is -2.09. The summed E-state index contributed by atoms with van der Waals surface area (Å²) in [4.78, 5) is 4.22. The van der Waals surface area contributed by atoms with E-state index < -0.39 is 0 Å². The number of rotatable bonds is 4.